The maximum Gasteiger partial charge on any atom is 0.331 e. The van der Waals surface area contributed by atoms with Gasteiger partial charge in [-0.15, -0.1) is 0 Å². The standard InChI is InChI=1S/C19H21N2/c1-12-10-13(2)14(3)17(11-12)19-20-15(4)16-8-6-7-9-18(16)21(19)5/h6-11H,1-5H3/q+1. The Labute approximate surface area is 126 Å². The number of para-hydroxylation sites is 1. The number of hydrogen-bond donors (Lipinski definition) is 0. The van der Waals surface area contributed by atoms with Crippen molar-refractivity contribution in [2.75, 3.05) is 0 Å². The molecule has 0 radical (unpaired) electrons. The molecule has 0 amide bonds. The highest BCUT2D eigenvalue weighted by Crippen LogP contribution is 2.25. The molecule has 2 heteroatoms. The van der Waals surface area contributed by atoms with E-state index in [-0.39, 0.29) is 0 Å². The quantitative estimate of drug-likeness (QED) is 0.615. The Morgan fingerprint density at radius 3 is 2.43 bits per heavy atom. The van der Waals surface area contributed by atoms with E-state index in [0.29, 0.717) is 0 Å². The second-order valence-electron chi connectivity index (χ2n) is 5.85. The molecule has 0 aliphatic heterocycles. The molecule has 106 valence electrons. The highest BCUT2D eigenvalue weighted by Gasteiger charge is 2.21. The average Bonchev–Trinajstić information content (AvgIpc) is 2.47. The number of nitrogens with zero attached hydrogens (tertiary/aromatic N) is 2. The van der Waals surface area contributed by atoms with Gasteiger partial charge in [0, 0.05) is 6.92 Å². The summed E-state index contributed by atoms with van der Waals surface area (Å²) < 4.78 is 2.20. The molecule has 0 saturated heterocycles. The van der Waals surface area contributed by atoms with Gasteiger partial charge < -0.3 is 0 Å². The van der Waals surface area contributed by atoms with Gasteiger partial charge >= 0.3 is 5.82 Å². The van der Waals surface area contributed by atoms with Crippen molar-refractivity contribution in [3.05, 3.63) is 58.8 Å². The van der Waals surface area contributed by atoms with E-state index in [4.69, 9.17) is 4.98 Å². The molecule has 1 heterocycles. The van der Waals surface area contributed by atoms with Crippen LogP contribution in [-0.4, -0.2) is 4.98 Å². The van der Waals surface area contributed by atoms with Crippen LogP contribution in [0.15, 0.2) is 36.4 Å². The van der Waals surface area contributed by atoms with E-state index < -0.39 is 0 Å². The first kappa shape index (κ1) is 13.7. The first-order valence-electron chi connectivity index (χ1n) is 7.32. The highest BCUT2D eigenvalue weighted by atomic mass is 15.0. The number of aromatic nitrogens is 2. The third kappa shape index (κ3) is 2.21. The molecule has 3 rings (SSSR count). The maximum absolute atomic E-state index is 4.88. The largest absolute Gasteiger partial charge is 0.331 e. The Hall–Kier alpha value is -2.22. The summed E-state index contributed by atoms with van der Waals surface area (Å²) in [5, 5.41) is 1.21. The number of fused-ring (bicyclic) bond motifs is 1. The lowest BCUT2D eigenvalue weighted by Gasteiger charge is -2.10. The van der Waals surface area contributed by atoms with Crippen molar-refractivity contribution in [2.45, 2.75) is 27.7 Å². The highest BCUT2D eigenvalue weighted by molar-refractivity contribution is 5.79. The Bertz CT molecular complexity index is 848. The lowest BCUT2D eigenvalue weighted by atomic mass is 9.99. The van der Waals surface area contributed by atoms with Gasteiger partial charge in [0.15, 0.2) is 5.69 Å². The minimum absolute atomic E-state index is 1.04. The summed E-state index contributed by atoms with van der Waals surface area (Å²) in [6.07, 6.45) is 0. The molecule has 0 fully saturated rings. The molecular formula is C19H21N2+. The van der Waals surface area contributed by atoms with Crippen LogP contribution >= 0.6 is 0 Å². The van der Waals surface area contributed by atoms with Crippen LogP contribution in [0.4, 0.5) is 0 Å². The van der Waals surface area contributed by atoms with Crippen molar-refractivity contribution in [2.24, 2.45) is 7.05 Å². The van der Waals surface area contributed by atoms with Gasteiger partial charge in [-0.3, -0.25) is 0 Å². The van der Waals surface area contributed by atoms with Crippen LogP contribution in [0.25, 0.3) is 22.3 Å². The van der Waals surface area contributed by atoms with Crippen molar-refractivity contribution >= 4 is 10.9 Å². The monoisotopic (exact) mass is 277 g/mol. The third-order valence-corrected chi connectivity index (χ3v) is 4.30. The molecule has 1 aromatic heterocycles. The Kier molecular flexibility index (Phi) is 3.25. The fraction of sp³-hybridized carbons (Fsp3) is 0.263. The summed E-state index contributed by atoms with van der Waals surface area (Å²) in [5.41, 5.74) is 7.43. The molecule has 2 nitrogen and oxygen atoms in total. The van der Waals surface area contributed by atoms with Gasteiger partial charge in [-0.05, 0) is 60.6 Å². The van der Waals surface area contributed by atoms with E-state index in [1.54, 1.807) is 0 Å². The van der Waals surface area contributed by atoms with Gasteiger partial charge in [-0.1, -0.05) is 18.2 Å². The summed E-state index contributed by atoms with van der Waals surface area (Å²) in [7, 11) is 2.10. The van der Waals surface area contributed by atoms with Crippen molar-refractivity contribution in [1.29, 1.82) is 0 Å². The van der Waals surface area contributed by atoms with Crippen molar-refractivity contribution in [3.8, 4) is 11.4 Å². The Morgan fingerprint density at radius 2 is 1.67 bits per heavy atom. The zero-order valence-electron chi connectivity index (χ0n) is 13.4. The lowest BCUT2D eigenvalue weighted by molar-refractivity contribution is -0.636. The average molecular weight is 277 g/mol. The van der Waals surface area contributed by atoms with Crippen molar-refractivity contribution in [1.82, 2.24) is 4.98 Å². The van der Waals surface area contributed by atoms with Gasteiger partial charge in [0.2, 0.25) is 0 Å². The van der Waals surface area contributed by atoms with Gasteiger partial charge in [-0.25, -0.2) is 4.57 Å². The molecule has 0 atom stereocenters. The molecule has 2 aromatic carbocycles. The van der Waals surface area contributed by atoms with E-state index >= 15 is 0 Å². The summed E-state index contributed by atoms with van der Waals surface area (Å²) in [4.78, 5) is 4.88. The summed E-state index contributed by atoms with van der Waals surface area (Å²) in [5.74, 6) is 1.04. The first-order chi connectivity index (χ1) is 9.99. The van der Waals surface area contributed by atoms with Crippen LogP contribution in [0, 0.1) is 27.7 Å². The molecule has 0 bridgehead atoms. The van der Waals surface area contributed by atoms with E-state index in [2.05, 4.69) is 75.7 Å². The molecule has 0 unspecified atom stereocenters. The van der Waals surface area contributed by atoms with E-state index in [1.807, 2.05) is 0 Å². The molecule has 0 saturated carbocycles. The predicted octanol–water partition coefficient (Wildman–Crippen LogP) is 3.96. The number of hydrogen-bond acceptors (Lipinski definition) is 1. The topological polar surface area (TPSA) is 16.8 Å². The molecule has 0 N–H and O–H groups in total. The number of aryl methyl sites for hydroxylation is 4. The predicted molar refractivity (Wildman–Crippen MR) is 87.3 cm³/mol. The fourth-order valence-corrected chi connectivity index (χ4v) is 2.99. The van der Waals surface area contributed by atoms with Gasteiger partial charge in [0.05, 0.1) is 18.0 Å². The van der Waals surface area contributed by atoms with Gasteiger partial charge in [-0.2, -0.15) is 0 Å². The summed E-state index contributed by atoms with van der Waals surface area (Å²) >= 11 is 0. The minimum Gasteiger partial charge on any atom is -0.226 e. The maximum atomic E-state index is 4.88. The zero-order valence-corrected chi connectivity index (χ0v) is 13.4. The van der Waals surface area contributed by atoms with Crippen LogP contribution in [-0.2, 0) is 7.05 Å². The third-order valence-electron chi connectivity index (χ3n) is 4.30. The minimum atomic E-state index is 1.04. The Morgan fingerprint density at radius 1 is 0.952 bits per heavy atom. The normalized spacial score (nSPS) is 11.1. The molecule has 0 aliphatic rings. The zero-order chi connectivity index (χ0) is 15.1. The van der Waals surface area contributed by atoms with Crippen LogP contribution in [0.2, 0.25) is 0 Å². The molecule has 3 aromatic rings. The summed E-state index contributed by atoms with van der Waals surface area (Å²) in [6.45, 7) is 8.57. The van der Waals surface area contributed by atoms with E-state index in [1.165, 1.54) is 33.2 Å². The molecule has 21 heavy (non-hydrogen) atoms. The Balaban J connectivity index is 2.39. The van der Waals surface area contributed by atoms with Crippen LogP contribution in [0.5, 0.6) is 0 Å². The van der Waals surface area contributed by atoms with Gasteiger partial charge in [0.25, 0.3) is 0 Å². The van der Waals surface area contributed by atoms with Crippen LogP contribution in [0.3, 0.4) is 0 Å². The van der Waals surface area contributed by atoms with E-state index in [0.717, 1.165) is 11.5 Å². The van der Waals surface area contributed by atoms with Crippen LogP contribution in [0.1, 0.15) is 22.4 Å². The second-order valence-corrected chi connectivity index (χ2v) is 5.85. The molecular weight excluding hydrogens is 256 g/mol. The van der Waals surface area contributed by atoms with Crippen LogP contribution < -0.4 is 4.57 Å². The SMILES string of the molecule is Cc1cc(C)c(C)c(-c2nc(C)c3ccccc3[n+]2C)c1. The van der Waals surface area contributed by atoms with Crippen molar-refractivity contribution < 1.29 is 4.57 Å². The summed E-state index contributed by atoms with van der Waals surface area (Å²) in [6, 6.07) is 12.9. The molecule has 0 aliphatic carbocycles. The van der Waals surface area contributed by atoms with E-state index in [9.17, 15) is 0 Å². The smallest absolute Gasteiger partial charge is 0.226 e. The number of benzene rings is 2. The first-order valence-corrected chi connectivity index (χ1v) is 7.32. The second kappa shape index (κ2) is 4.96. The van der Waals surface area contributed by atoms with Crippen molar-refractivity contribution in [3.63, 3.8) is 0 Å². The fourth-order valence-electron chi connectivity index (χ4n) is 2.99. The van der Waals surface area contributed by atoms with Gasteiger partial charge in [0.1, 0.15) is 5.52 Å². The lowest BCUT2D eigenvalue weighted by Crippen LogP contribution is -2.34. The number of rotatable bonds is 1. The molecule has 0 spiro atoms.